The SMILES string of the molecule is C[C@H](NC(=O)CCC1CCCC1)C(=O)O. The number of nitrogens with one attached hydrogen (secondary N) is 1. The smallest absolute Gasteiger partial charge is 0.325 e. The van der Waals surface area contributed by atoms with E-state index in [0.29, 0.717) is 12.3 Å². The second-order valence-corrected chi connectivity index (χ2v) is 4.32. The van der Waals surface area contributed by atoms with Crippen LogP contribution >= 0.6 is 0 Å². The van der Waals surface area contributed by atoms with E-state index < -0.39 is 12.0 Å². The van der Waals surface area contributed by atoms with Crippen LogP contribution in [0.1, 0.15) is 45.4 Å². The molecule has 1 rings (SSSR count). The fourth-order valence-corrected chi connectivity index (χ4v) is 2.01. The zero-order chi connectivity index (χ0) is 11.3. The average molecular weight is 213 g/mol. The van der Waals surface area contributed by atoms with Crippen LogP contribution in [-0.4, -0.2) is 23.0 Å². The number of hydrogen-bond acceptors (Lipinski definition) is 2. The van der Waals surface area contributed by atoms with Crippen molar-refractivity contribution in [2.24, 2.45) is 5.92 Å². The van der Waals surface area contributed by atoms with Gasteiger partial charge in [-0.05, 0) is 19.3 Å². The van der Waals surface area contributed by atoms with Gasteiger partial charge in [-0.2, -0.15) is 0 Å². The van der Waals surface area contributed by atoms with Crippen molar-refractivity contribution in [2.45, 2.75) is 51.5 Å². The molecule has 1 saturated carbocycles. The molecular weight excluding hydrogens is 194 g/mol. The Morgan fingerprint density at radius 3 is 2.53 bits per heavy atom. The molecule has 15 heavy (non-hydrogen) atoms. The molecule has 86 valence electrons. The lowest BCUT2D eigenvalue weighted by molar-refractivity contribution is -0.141. The Kier molecular flexibility index (Phi) is 4.59. The van der Waals surface area contributed by atoms with Gasteiger partial charge in [-0.1, -0.05) is 25.7 Å². The summed E-state index contributed by atoms with van der Waals surface area (Å²) in [6.45, 7) is 1.48. The molecule has 0 heterocycles. The molecule has 4 heteroatoms. The lowest BCUT2D eigenvalue weighted by Gasteiger charge is -2.11. The Morgan fingerprint density at radius 1 is 1.40 bits per heavy atom. The molecule has 2 N–H and O–H groups in total. The predicted molar refractivity (Wildman–Crippen MR) is 56.4 cm³/mol. The summed E-state index contributed by atoms with van der Waals surface area (Å²) >= 11 is 0. The topological polar surface area (TPSA) is 66.4 Å². The van der Waals surface area contributed by atoms with Crippen LogP contribution in [0.5, 0.6) is 0 Å². The molecule has 1 aliphatic carbocycles. The lowest BCUT2D eigenvalue weighted by Crippen LogP contribution is -2.38. The summed E-state index contributed by atoms with van der Waals surface area (Å²) in [5.41, 5.74) is 0. The standard InChI is InChI=1S/C11H19NO3/c1-8(11(14)15)12-10(13)7-6-9-4-2-3-5-9/h8-9H,2-7H2,1H3,(H,12,13)(H,14,15)/t8-/m0/s1. The Bertz CT molecular complexity index is 234. The first-order valence-electron chi connectivity index (χ1n) is 5.61. The predicted octanol–water partition coefficient (Wildman–Crippen LogP) is 1.55. The summed E-state index contributed by atoms with van der Waals surface area (Å²) in [6.07, 6.45) is 6.36. The number of hydrogen-bond donors (Lipinski definition) is 2. The molecule has 0 saturated heterocycles. The van der Waals surface area contributed by atoms with Gasteiger partial charge in [-0.25, -0.2) is 0 Å². The fraction of sp³-hybridized carbons (Fsp3) is 0.818. The lowest BCUT2D eigenvalue weighted by atomic mass is 10.0. The maximum absolute atomic E-state index is 11.3. The van der Waals surface area contributed by atoms with Crippen molar-refractivity contribution in [3.8, 4) is 0 Å². The monoisotopic (exact) mass is 213 g/mol. The molecular formula is C11H19NO3. The number of carboxylic acid groups (broad SMARTS) is 1. The van der Waals surface area contributed by atoms with Crippen molar-refractivity contribution in [3.05, 3.63) is 0 Å². The highest BCUT2D eigenvalue weighted by Crippen LogP contribution is 2.28. The van der Waals surface area contributed by atoms with E-state index in [-0.39, 0.29) is 5.91 Å². The van der Waals surface area contributed by atoms with Crippen LogP contribution in [0, 0.1) is 5.92 Å². The minimum absolute atomic E-state index is 0.142. The van der Waals surface area contributed by atoms with Crippen LogP contribution in [0.2, 0.25) is 0 Å². The van der Waals surface area contributed by atoms with E-state index in [1.807, 2.05) is 0 Å². The van der Waals surface area contributed by atoms with E-state index in [2.05, 4.69) is 5.32 Å². The summed E-state index contributed by atoms with van der Waals surface area (Å²) in [5.74, 6) is -0.447. The molecule has 0 spiro atoms. The van der Waals surface area contributed by atoms with E-state index in [1.165, 1.54) is 32.6 Å². The molecule has 4 nitrogen and oxygen atoms in total. The Balaban J connectivity index is 2.15. The molecule has 0 aliphatic heterocycles. The Morgan fingerprint density at radius 2 is 2.00 bits per heavy atom. The minimum Gasteiger partial charge on any atom is -0.480 e. The largest absolute Gasteiger partial charge is 0.480 e. The van der Waals surface area contributed by atoms with Crippen molar-refractivity contribution >= 4 is 11.9 Å². The van der Waals surface area contributed by atoms with E-state index in [1.54, 1.807) is 0 Å². The minimum atomic E-state index is -0.982. The fourth-order valence-electron chi connectivity index (χ4n) is 2.01. The van der Waals surface area contributed by atoms with Gasteiger partial charge in [0.15, 0.2) is 0 Å². The van der Waals surface area contributed by atoms with Crippen LogP contribution in [0.3, 0.4) is 0 Å². The molecule has 0 aromatic carbocycles. The molecule has 0 radical (unpaired) electrons. The molecule has 0 unspecified atom stereocenters. The molecule has 1 atom stereocenters. The van der Waals surface area contributed by atoms with E-state index in [9.17, 15) is 9.59 Å². The van der Waals surface area contributed by atoms with Crippen LogP contribution in [0.15, 0.2) is 0 Å². The highest BCUT2D eigenvalue weighted by Gasteiger charge is 2.18. The number of amides is 1. The molecule has 0 bridgehead atoms. The molecule has 1 fully saturated rings. The van der Waals surface area contributed by atoms with E-state index >= 15 is 0 Å². The summed E-state index contributed by atoms with van der Waals surface area (Å²) in [5, 5.41) is 11.1. The first-order chi connectivity index (χ1) is 7.09. The van der Waals surface area contributed by atoms with Crippen molar-refractivity contribution in [1.82, 2.24) is 5.32 Å². The molecule has 0 aromatic heterocycles. The average Bonchev–Trinajstić information content (AvgIpc) is 2.66. The summed E-state index contributed by atoms with van der Waals surface area (Å²) in [6, 6.07) is -0.777. The van der Waals surface area contributed by atoms with E-state index in [0.717, 1.165) is 6.42 Å². The molecule has 0 aromatic rings. The van der Waals surface area contributed by atoms with Crippen LogP contribution in [-0.2, 0) is 9.59 Å². The number of rotatable bonds is 5. The van der Waals surface area contributed by atoms with E-state index in [4.69, 9.17) is 5.11 Å². The third kappa shape index (κ3) is 4.32. The van der Waals surface area contributed by atoms with Crippen molar-refractivity contribution in [1.29, 1.82) is 0 Å². The first kappa shape index (κ1) is 12.0. The highest BCUT2D eigenvalue weighted by molar-refractivity contribution is 5.83. The second kappa shape index (κ2) is 5.73. The Hall–Kier alpha value is -1.06. The van der Waals surface area contributed by atoms with Gasteiger partial charge >= 0.3 is 5.97 Å². The van der Waals surface area contributed by atoms with Gasteiger partial charge in [-0.15, -0.1) is 0 Å². The number of carboxylic acids is 1. The van der Waals surface area contributed by atoms with Gasteiger partial charge < -0.3 is 10.4 Å². The van der Waals surface area contributed by atoms with Crippen LogP contribution in [0.25, 0.3) is 0 Å². The van der Waals surface area contributed by atoms with Crippen LogP contribution in [0.4, 0.5) is 0 Å². The normalized spacial score (nSPS) is 18.7. The summed E-state index contributed by atoms with van der Waals surface area (Å²) in [4.78, 5) is 21.8. The third-order valence-electron chi connectivity index (χ3n) is 3.00. The van der Waals surface area contributed by atoms with Gasteiger partial charge in [0.05, 0.1) is 0 Å². The number of carbonyl (C=O) groups excluding carboxylic acids is 1. The van der Waals surface area contributed by atoms with Gasteiger partial charge in [-0.3, -0.25) is 9.59 Å². The van der Waals surface area contributed by atoms with Gasteiger partial charge in [0, 0.05) is 6.42 Å². The summed E-state index contributed by atoms with van der Waals surface area (Å²) < 4.78 is 0. The highest BCUT2D eigenvalue weighted by atomic mass is 16.4. The van der Waals surface area contributed by atoms with Crippen molar-refractivity contribution < 1.29 is 14.7 Å². The van der Waals surface area contributed by atoms with Crippen LogP contribution < -0.4 is 5.32 Å². The number of aliphatic carboxylic acids is 1. The van der Waals surface area contributed by atoms with Crippen molar-refractivity contribution in [3.63, 3.8) is 0 Å². The van der Waals surface area contributed by atoms with Gasteiger partial charge in [0.1, 0.15) is 6.04 Å². The zero-order valence-electron chi connectivity index (χ0n) is 9.16. The Labute approximate surface area is 90.0 Å². The first-order valence-corrected chi connectivity index (χ1v) is 5.61. The van der Waals surface area contributed by atoms with Gasteiger partial charge in [0.2, 0.25) is 5.91 Å². The molecule has 1 amide bonds. The number of carbonyl (C=O) groups is 2. The second-order valence-electron chi connectivity index (χ2n) is 4.32. The van der Waals surface area contributed by atoms with Gasteiger partial charge in [0.25, 0.3) is 0 Å². The summed E-state index contributed by atoms with van der Waals surface area (Å²) in [7, 11) is 0. The molecule has 1 aliphatic rings. The zero-order valence-corrected chi connectivity index (χ0v) is 9.16. The quantitative estimate of drug-likeness (QED) is 0.728. The third-order valence-corrected chi connectivity index (χ3v) is 3.00. The maximum Gasteiger partial charge on any atom is 0.325 e. The maximum atomic E-state index is 11.3. The van der Waals surface area contributed by atoms with Crippen molar-refractivity contribution in [2.75, 3.05) is 0 Å².